The molecule has 0 saturated carbocycles. The van der Waals surface area contributed by atoms with Crippen LogP contribution in [0.15, 0.2) is 59.2 Å². The molecule has 2 aromatic rings. The number of imide groups is 1. The molecular formula is C28H29FN2O5. The number of amides is 2. The van der Waals surface area contributed by atoms with Crippen molar-refractivity contribution in [3.8, 4) is 17.6 Å². The monoisotopic (exact) mass is 492 g/mol. The lowest BCUT2D eigenvalue weighted by Crippen LogP contribution is -2.43. The molecule has 3 rings (SSSR count). The van der Waals surface area contributed by atoms with Gasteiger partial charge in [-0.3, -0.25) is 14.5 Å². The molecule has 0 atom stereocenters. The molecule has 0 aliphatic carbocycles. The summed E-state index contributed by atoms with van der Waals surface area (Å²) in [4.78, 5) is 27.0. The van der Waals surface area contributed by atoms with Crippen molar-refractivity contribution in [2.24, 2.45) is 0 Å². The summed E-state index contributed by atoms with van der Waals surface area (Å²) in [6.07, 6.45) is 2.12. The molecule has 188 valence electrons. The molecule has 1 heterocycles. The maximum Gasteiger partial charge on any atom is 0.271 e. The highest BCUT2D eigenvalue weighted by Gasteiger charge is 2.35. The van der Waals surface area contributed by atoms with Crippen molar-refractivity contribution in [1.82, 2.24) is 4.90 Å². The molecule has 8 heteroatoms. The zero-order valence-electron chi connectivity index (χ0n) is 20.7. The Bertz CT molecular complexity index is 1210. The molecule has 1 aliphatic rings. The molecule has 0 fully saturated rings. The molecule has 0 unspecified atom stereocenters. The molecule has 0 N–H and O–H groups in total. The zero-order valence-corrected chi connectivity index (χ0v) is 20.7. The van der Waals surface area contributed by atoms with E-state index in [4.69, 9.17) is 14.2 Å². The molecule has 2 aromatic carbocycles. The van der Waals surface area contributed by atoms with Crippen molar-refractivity contribution >= 4 is 17.9 Å². The van der Waals surface area contributed by atoms with E-state index in [9.17, 15) is 19.2 Å². The molecule has 0 spiro atoms. The van der Waals surface area contributed by atoms with Crippen LogP contribution in [-0.4, -0.2) is 43.1 Å². The van der Waals surface area contributed by atoms with Gasteiger partial charge in [0.2, 0.25) is 0 Å². The molecule has 36 heavy (non-hydrogen) atoms. The maximum atomic E-state index is 13.2. The number of rotatable bonds is 11. The van der Waals surface area contributed by atoms with Crippen molar-refractivity contribution in [2.45, 2.75) is 33.8 Å². The van der Waals surface area contributed by atoms with Crippen LogP contribution in [0.25, 0.3) is 6.08 Å². The molecule has 7 nitrogen and oxygen atoms in total. The SMILES string of the molecule is CCOCCCN1C(=O)C(C#N)=C(C)/C(=C\c2ccc(OCc3ccc(F)cc3)c(OCC)c2)C1=O. The van der Waals surface area contributed by atoms with Gasteiger partial charge in [0.1, 0.15) is 24.1 Å². The fraction of sp³-hybridized carbons (Fsp3) is 0.321. The second-order valence-electron chi connectivity index (χ2n) is 8.04. The van der Waals surface area contributed by atoms with Crippen LogP contribution in [0, 0.1) is 17.1 Å². The molecule has 1 aliphatic heterocycles. The predicted octanol–water partition coefficient (Wildman–Crippen LogP) is 4.82. The number of hydrogen-bond donors (Lipinski definition) is 0. The highest BCUT2D eigenvalue weighted by atomic mass is 19.1. The van der Waals surface area contributed by atoms with Gasteiger partial charge in [-0.05, 0) is 74.2 Å². The van der Waals surface area contributed by atoms with E-state index in [1.54, 1.807) is 43.3 Å². The lowest BCUT2D eigenvalue weighted by Gasteiger charge is -2.27. The average molecular weight is 493 g/mol. The van der Waals surface area contributed by atoms with Crippen LogP contribution in [0.3, 0.4) is 0 Å². The predicted molar refractivity (Wildman–Crippen MR) is 132 cm³/mol. The molecule has 2 amide bonds. The quantitative estimate of drug-likeness (QED) is 0.254. The van der Waals surface area contributed by atoms with Crippen molar-refractivity contribution in [1.29, 1.82) is 5.26 Å². The van der Waals surface area contributed by atoms with Crippen LogP contribution < -0.4 is 9.47 Å². The number of carbonyl (C=O) groups excluding carboxylic acids is 2. The van der Waals surface area contributed by atoms with Crippen LogP contribution in [0.2, 0.25) is 0 Å². The van der Waals surface area contributed by atoms with E-state index in [2.05, 4.69) is 0 Å². The Morgan fingerprint density at radius 3 is 2.42 bits per heavy atom. The highest BCUT2D eigenvalue weighted by Crippen LogP contribution is 2.32. The summed E-state index contributed by atoms with van der Waals surface area (Å²) < 4.78 is 30.1. The van der Waals surface area contributed by atoms with Gasteiger partial charge in [-0.15, -0.1) is 0 Å². The van der Waals surface area contributed by atoms with E-state index in [0.717, 1.165) is 10.5 Å². The number of benzene rings is 2. The van der Waals surface area contributed by atoms with E-state index in [1.807, 2.05) is 19.9 Å². The van der Waals surface area contributed by atoms with Gasteiger partial charge in [-0.25, -0.2) is 4.39 Å². The Kier molecular flexibility index (Phi) is 9.37. The fourth-order valence-electron chi connectivity index (χ4n) is 3.71. The fourth-order valence-corrected chi connectivity index (χ4v) is 3.71. The van der Waals surface area contributed by atoms with E-state index < -0.39 is 11.8 Å². The lowest BCUT2D eigenvalue weighted by molar-refractivity contribution is -0.140. The number of nitrogens with zero attached hydrogens (tertiary/aromatic N) is 2. The van der Waals surface area contributed by atoms with Crippen LogP contribution in [0.5, 0.6) is 11.5 Å². The summed E-state index contributed by atoms with van der Waals surface area (Å²) in [6, 6.07) is 13.2. The van der Waals surface area contributed by atoms with E-state index in [0.29, 0.717) is 48.9 Å². The molecule has 0 radical (unpaired) electrons. The minimum absolute atomic E-state index is 0.0541. The highest BCUT2D eigenvalue weighted by molar-refractivity contribution is 6.19. The Hall–Kier alpha value is -3.96. The summed E-state index contributed by atoms with van der Waals surface area (Å²) in [5.74, 6) is -0.391. The van der Waals surface area contributed by atoms with Gasteiger partial charge in [0.15, 0.2) is 11.5 Å². The minimum Gasteiger partial charge on any atom is -0.490 e. The second-order valence-corrected chi connectivity index (χ2v) is 8.04. The van der Waals surface area contributed by atoms with Crippen molar-refractivity contribution in [2.75, 3.05) is 26.4 Å². The van der Waals surface area contributed by atoms with Crippen LogP contribution in [0.1, 0.15) is 38.3 Å². The number of ether oxygens (including phenoxy) is 3. The summed E-state index contributed by atoms with van der Waals surface area (Å²) in [5, 5.41) is 9.57. The Labute approximate surface area is 210 Å². The van der Waals surface area contributed by atoms with Gasteiger partial charge < -0.3 is 14.2 Å². The largest absolute Gasteiger partial charge is 0.490 e. The third-order valence-electron chi connectivity index (χ3n) is 5.59. The van der Waals surface area contributed by atoms with Crippen LogP contribution >= 0.6 is 0 Å². The van der Waals surface area contributed by atoms with Crippen LogP contribution in [0.4, 0.5) is 4.39 Å². The summed E-state index contributed by atoms with van der Waals surface area (Å²) in [7, 11) is 0. The number of carbonyl (C=O) groups is 2. The van der Waals surface area contributed by atoms with Gasteiger partial charge in [-0.1, -0.05) is 18.2 Å². The zero-order chi connectivity index (χ0) is 26.1. The normalized spacial score (nSPS) is 14.9. The number of hydrogen-bond acceptors (Lipinski definition) is 6. The van der Waals surface area contributed by atoms with Gasteiger partial charge in [-0.2, -0.15) is 5.26 Å². The number of halogens is 1. The van der Waals surface area contributed by atoms with Crippen LogP contribution in [-0.2, 0) is 20.9 Å². The molecule has 0 saturated heterocycles. The molecular weight excluding hydrogens is 463 g/mol. The first-order chi connectivity index (χ1) is 17.4. The van der Waals surface area contributed by atoms with E-state index >= 15 is 0 Å². The maximum absolute atomic E-state index is 13.2. The second kappa shape index (κ2) is 12.7. The smallest absolute Gasteiger partial charge is 0.271 e. The van der Waals surface area contributed by atoms with Gasteiger partial charge in [0, 0.05) is 25.3 Å². The first kappa shape index (κ1) is 26.6. The van der Waals surface area contributed by atoms with Crippen molar-refractivity contribution < 1.29 is 28.2 Å². The molecule has 0 bridgehead atoms. The number of nitriles is 1. The van der Waals surface area contributed by atoms with E-state index in [-0.39, 0.29) is 30.1 Å². The first-order valence-corrected chi connectivity index (χ1v) is 11.8. The van der Waals surface area contributed by atoms with Crippen molar-refractivity contribution in [3.63, 3.8) is 0 Å². The summed E-state index contributed by atoms with van der Waals surface area (Å²) in [6.45, 7) is 7.05. The topological polar surface area (TPSA) is 88.9 Å². The third kappa shape index (κ3) is 6.37. The lowest BCUT2D eigenvalue weighted by atomic mass is 9.93. The summed E-state index contributed by atoms with van der Waals surface area (Å²) in [5.41, 5.74) is 2.00. The third-order valence-corrected chi connectivity index (χ3v) is 5.59. The van der Waals surface area contributed by atoms with Gasteiger partial charge >= 0.3 is 0 Å². The Morgan fingerprint density at radius 1 is 1.00 bits per heavy atom. The standard InChI is InChI=1S/C28H29FN2O5/c1-4-34-14-6-13-31-27(32)23(19(3)24(17-30)28(31)33)15-21-9-12-25(26(16-21)35-5-2)36-18-20-7-10-22(29)11-8-20/h7-12,15-16H,4-6,13-14,18H2,1-3H3/b23-15+. The van der Waals surface area contributed by atoms with Gasteiger partial charge in [0.05, 0.1) is 6.61 Å². The van der Waals surface area contributed by atoms with Crippen molar-refractivity contribution in [3.05, 3.63) is 76.1 Å². The summed E-state index contributed by atoms with van der Waals surface area (Å²) >= 11 is 0. The van der Waals surface area contributed by atoms with E-state index in [1.165, 1.54) is 12.1 Å². The average Bonchev–Trinajstić information content (AvgIpc) is 2.87. The Morgan fingerprint density at radius 2 is 1.75 bits per heavy atom. The molecule has 0 aromatic heterocycles. The van der Waals surface area contributed by atoms with Gasteiger partial charge in [0.25, 0.3) is 11.8 Å². The first-order valence-electron chi connectivity index (χ1n) is 11.8. The Balaban J connectivity index is 1.88. The minimum atomic E-state index is -0.590.